The van der Waals surface area contributed by atoms with Crippen LogP contribution in [0.1, 0.15) is 32.6 Å². The summed E-state index contributed by atoms with van der Waals surface area (Å²) in [6, 6.07) is 1.95. The van der Waals surface area contributed by atoms with E-state index < -0.39 is 0 Å². The molecule has 0 saturated heterocycles. The third-order valence-electron chi connectivity index (χ3n) is 3.91. The van der Waals surface area contributed by atoms with Gasteiger partial charge in [0.15, 0.2) is 0 Å². The van der Waals surface area contributed by atoms with Crippen molar-refractivity contribution in [3.8, 4) is 0 Å². The molecule has 1 heterocycles. The van der Waals surface area contributed by atoms with Crippen LogP contribution in [0.5, 0.6) is 0 Å². The van der Waals surface area contributed by atoms with Crippen molar-refractivity contribution in [2.24, 2.45) is 5.41 Å². The van der Waals surface area contributed by atoms with Gasteiger partial charge in [0.2, 0.25) is 0 Å². The van der Waals surface area contributed by atoms with E-state index >= 15 is 0 Å². The number of aromatic nitrogens is 2. The smallest absolute Gasteiger partial charge is 0.130 e. The van der Waals surface area contributed by atoms with Gasteiger partial charge in [0.25, 0.3) is 0 Å². The fourth-order valence-electron chi connectivity index (χ4n) is 2.32. The third kappa shape index (κ3) is 1.55. The summed E-state index contributed by atoms with van der Waals surface area (Å²) in [5.41, 5.74) is 0.852. The Morgan fingerprint density at radius 3 is 2.53 bits per heavy atom. The van der Waals surface area contributed by atoms with Gasteiger partial charge in [-0.25, -0.2) is 9.97 Å². The molecular formula is C11H14BrN3. The van der Waals surface area contributed by atoms with Crippen LogP contribution in [0.25, 0.3) is 0 Å². The molecule has 0 bridgehead atoms. The Balaban J connectivity index is 1.81. The molecule has 1 aromatic heterocycles. The topological polar surface area (TPSA) is 37.8 Å². The Morgan fingerprint density at radius 1 is 1.27 bits per heavy atom. The molecule has 1 aromatic rings. The molecule has 0 amide bonds. The van der Waals surface area contributed by atoms with E-state index in [-0.39, 0.29) is 0 Å². The van der Waals surface area contributed by atoms with E-state index in [2.05, 4.69) is 38.1 Å². The number of halogens is 1. The Bertz CT molecular complexity index is 397. The lowest BCUT2D eigenvalue weighted by atomic mass is 9.96. The van der Waals surface area contributed by atoms with E-state index in [1.54, 1.807) is 6.33 Å². The van der Waals surface area contributed by atoms with Crippen LogP contribution in [0.4, 0.5) is 5.82 Å². The first kappa shape index (κ1) is 9.58. The standard InChI is InChI=1S/C11H14BrN3/c1-10(2-3-10)11(4-5-11)15-9-6-8(12)13-7-14-9/h6-7H,2-5H2,1H3,(H,13,14,15). The number of rotatable bonds is 3. The summed E-state index contributed by atoms with van der Waals surface area (Å²) in [7, 11) is 0. The number of nitrogens with one attached hydrogen (secondary N) is 1. The van der Waals surface area contributed by atoms with Gasteiger partial charge in [0.1, 0.15) is 16.7 Å². The molecule has 0 radical (unpaired) electrons. The average molecular weight is 268 g/mol. The SMILES string of the molecule is CC1(C2(Nc3cc(Br)ncn3)CC2)CC1. The number of nitrogens with zero attached hydrogens (tertiary/aromatic N) is 2. The molecule has 80 valence electrons. The predicted molar refractivity (Wildman–Crippen MR) is 62.7 cm³/mol. The first-order chi connectivity index (χ1) is 7.14. The van der Waals surface area contributed by atoms with Crippen LogP contribution in [-0.4, -0.2) is 15.5 Å². The molecule has 15 heavy (non-hydrogen) atoms. The molecule has 0 atom stereocenters. The van der Waals surface area contributed by atoms with Crippen molar-refractivity contribution in [1.29, 1.82) is 0 Å². The van der Waals surface area contributed by atoms with Crippen LogP contribution in [0.3, 0.4) is 0 Å². The lowest BCUT2D eigenvalue weighted by molar-refractivity contribution is 0.446. The summed E-state index contributed by atoms with van der Waals surface area (Å²) in [5, 5.41) is 3.59. The van der Waals surface area contributed by atoms with Crippen LogP contribution in [0.15, 0.2) is 17.0 Å². The number of hydrogen-bond donors (Lipinski definition) is 1. The molecule has 3 nitrogen and oxygen atoms in total. The van der Waals surface area contributed by atoms with Gasteiger partial charge in [-0.3, -0.25) is 0 Å². The van der Waals surface area contributed by atoms with Gasteiger partial charge in [0, 0.05) is 11.6 Å². The normalized spacial score (nSPS) is 24.7. The van der Waals surface area contributed by atoms with Crippen molar-refractivity contribution < 1.29 is 0 Å². The van der Waals surface area contributed by atoms with E-state index in [0.29, 0.717) is 11.0 Å². The zero-order valence-corrected chi connectivity index (χ0v) is 10.3. The van der Waals surface area contributed by atoms with Crippen molar-refractivity contribution in [3.63, 3.8) is 0 Å². The maximum Gasteiger partial charge on any atom is 0.130 e. The molecule has 0 aliphatic heterocycles. The highest BCUT2D eigenvalue weighted by molar-refractivity contribution is 9.10. The fraction of sp³-hybridized carbons (Fsp3) is 0.636. The zero-order valence-electron chi connectivity index (χ0n) is 8.76. The minimum absolute atomic E-state index is 0.334. The van der Waals surface area contributed by atoms with Crippen LogP contribution < -0.4 is 5.32 Å². The van der Waals surface area contributed by atoms with Gasteiger partial charge in [-0.2, -0.15) is 0 Å². The van der Waals surface area contributed by atoms with Crippen molar-refractivity contribution in [2.75, 3.05) is 5.32 Å². The van der Waals surface area contributed by atoms with Crippen molar-refractivity contribution in [3.05, 3.63) is 17.0 Å². The summed E-state index contributed by atoms with van der Waals surface area (Å²) >= 11 is 3.37. The summed E-state index contributed by atoms with van der Waals surface area (Å²) in [6.45, 7) is 2.38. The van der Waals surface area contributed by atoms with E-state index in [4.69, 9.17) is 0 Å². The van der Waals surface area contributed by atoms with Gasteiger partial charge < -0.3 is 5.32 Å². The predicted octanol–water partition coefficient (Wildman–Crippen LogP) is 2.98. The molecule has 2 aliphatic carbocycles. The van der Waals surface area contributed by atoms with E-state index in [1.165, 1.54) is 25.7 Å². The Kier molecular flexibility index (Phi) is 1.88. The van der Waals surface area contributed by atoms with Crippen molar-refractivity contribution in [1.82, 2.24) is 9.97 Å². The molecule has 2 fully saturated rings. The highest BCUT2D eigenvalue weighted by atomic mass is 79.9. The second-order valence-corrected chi connectivity index (χ2v) is 5.81. The average Bonchev–Trinajstić information content (AvgIpc) is 3.05. The van der Waals surface area contributed by atoms with Crippen LogP contribution in [0, 0.1) is 5.41 Å². The van der Waals surface area contributed by atoms with E-state index in [1.807, 2.05) is 6.07 Å². The molecule has 0 spiro atoms. The lowest BCUT2D eigenvalue weighted by Crippen LogP contribution is -2.31. The van der Waals surface area contributed by atoms with Gasteiger partial charge in [-0.05, 0) is 47.0 Å². The minimum Gasteiger partial charge on any atom is -0.364 e. The largest absolute Gasteiger partial charge is 0.364 e. The third-order valence-corrected chi connectivity index (χ3v) is 4.34. The minimum atomic E-state index is 0.334. The molecular weight excluding hydrogens is 254 g/mol. The maximum atomic E-state index is 4.25. The molecule has 2 saturated carbocycles. The molecule has 2 aliphatic rings. The van der Waals surface area contributed by atoms with Crippen LogP contribution in [0.2, 0.25) is 0 Å². The summed E-state index contributed by atoms with van der Waals surface area (Å²) in [4.78, 5) is 8.29. The highest BCUT2D eigenvalue weighted by Crippen LogP contribution is 2.64. The van der Waals surface area contributed by atoms with Crippen molar-refractivity contribution >= 4 is 21.7 Å². The van der Waals surface area contributed by atoms with E-state index in [9.17, 15) is 0 Å². The molecule has 0 unspecified atom stereocenters. The number of anilines is 1. The monoisotopic (exact) mass is 267 g/mol. The fourth-order valence-corrected chi connectivity index (χ4v) is 2.63. The van der Waals surface area contributed by atoms with Crippen molar-refractivity contribution in [2.45, 2.75) is 38.1 Å². The second kappa shape index (κ2) is 2.94. The summed E-state index contributed by atoms with van der Waals surface area (Å²) in [6.07, 6.45) is 6.87. The second-order valence-electron chi connectivity index (χ2n) is 4.99. The molecule has 3 rings (SSSR count). The van der Waals surface area contributed by atoms with Gasteiger partial charge in [-0.1, -0.05) is 6.92 Å². The first-order valence-corrected chi connectivity index (χ1v) is 6.19. The lowest BCUT2D eigenvalue weighted by Gasteiger charge is -2.24. The van der Waals surface area contributed by atoms with Crippen LogP contribution in [-0.2, 0) is 0 Å². The van der Waals surface area contributed by atoms with Gasteiger partial charge in [-0.15, -0.1) is 0 Å². The summed E-state index contributed by atoms with van der Waals surface area (Å²) < 4.78 is 0.844. The zero-order chi connectivity index (χ0) is 10.5. The van der Waals surface area contributed by atoms with Crippen LogP contribution >= 0.6 is 15.9 Å². The van der Waals surface area contributed by atoms with Gasteiger partial charge in [0.05, 0.1) is 0 Å². The highest BCUT2D eigenvalue weighted by Gasteiger charge is 2.62. The summed E-state index contributed by atoms with van der Waals surface area (Å²) in [5.74, 6) is 0.947. The maximum absolute atomic E-state index is 4.25. The first-order valence-electron chi connectivity index (χ1n) is 5.39. The molecule has 1 N–H and O–H groups in total. The molecule has 4 heteroatoms. The Hall–Kier alpha value is -0.640. The van der Waals surface area contributed by atoms with Gasteiger partial charge >= 0.3 is 0 Å². The van der Waals surface area contributed by atoms with E-state index in [0.717, 1.165) is 10.4 Å². The number of hydrogen-bond acceptors (Lipinski definition) is 3. The molecule has 0 aromatic carbocycles. The Morgan fingerprint density at radius 2 is 2.00 bits per heavy atom. The Labute approximate surface area is 97.8 Å². The quantitative estimate of drug-likeness (QED) is 0.856.